The molecule has 3 aromatic rings. The molecule has 1 amide bonds. The normalized spacial score (nSPS) is 10.3. The van der Waals surface area contributed by atoms with Crippen molar-refractivity contribution in [3.8, 4) is 0 Å². The van der Waals surface area contributed by atoms with Gasteiger partial charge in [0, 0.05) is 24.3 Å². The summed E-state index contributed by atoms with van der Waals surface area (Å²) in [6.07, 6.45) is 2.34. The number of carbonyl (C=O) groups is 1. The van der Waals surface area contributed by atoms with Crippen molar-refractivity contribution in [2.45, 2.75) is 13.0 Å². The number of amides is 1. The van der Waals surface area contributed by atoms with Gasteiger partial charge < -0.3 is 10.6 Å². The van der Waals surface area contributed by atoms with E-state index in [1.807, 2.05) is 54.6 Å². The van der Waals surface area contributed by atoms with E-state index in [1.165, 1.54) is 5.56 Å². The molecule has 1 heterocycles. The number of carbonyl (C=O) groups excluding carboxylic acids is 1. The monoisotopic (exact) mass is 366 g/mol. The Morgan fingerprint density at radius 3 is 2.58 bits per heavy atom. The molecule has 1 aromatic heterocycles. The van der Waals surface area contributed by atoms with Gasteiger partial charge in [-0.05, 0) is 29.7 Å². The van der Waals surface area contributed by atoms with E-state index in [9.17, 15) is 4.79 Å². The molecule has 0 bridgehead atoms. The minimum atomic E-state index is -0.218. The largest absolute Gasteiger partial charge is 0.350 e. The minimum Gasteiger partial charge on any atom is -0.350 e. The average molecular weight is 367 g/mol. The standard InChI is InChI=1S/C20H19ClN4O/c21-17-9-5-4-8-16(17)14-24-20-23-13-11-18(25-20)19(26)22-12-10-15-6-2-1-3-7-15/h1-9,11,13H,10,12,14H2,(H,22,26)(H,23,24,25). The molecule has 0 fully saturated rings. The highest BCUT2D eigenvalue weighted by Gasteiger charge is 2.08. The summed E-state index contributed by atoms with van der Waals surface area (Å²) in [4.78, 5) is 20.7. The number of hydrogen-bond acceptors (Lipinski definition) is 4. The van der Waals surface area contributed by atoms with Crippen molar-refractivity contribution < 1.29 is 4.79 Å². The average Bonchev–Trinajstić information content (AvgIpc) is 2.68. The third-order valence-electron chi connectivity index (χ3n) is 3.83. The number of aromatic nitrogens is 2. The second kappa shape index (κ2) is 8.97. The van der Waals surface area contributed by atoms with E-state index in [2.05, 4.69) is 20.6 Å². The van der Waals surface area contributed by atoms with Crippen molar-refractivity contribution in [3.63, 3.8) is 0 Å². The van der Waals surface area contributed by atoms with E-state index < -0.39 is 0 Å². The molecule has 132 valence electrons. The van der Waals surface area contributed by atoms with Crippen molar-refractivity contribution >= 4 is 23.5 Å². The van der Waals surface area contributed by atoms with Gasteiger partial charge in [-0.1, -0.05) is 60.1 Å². The van der Waals surface area contributed by atoms with Gasteiger partial charge in [-0.15, -0.1) is 0 Å². The van der Waals surface area contributed by atoms with Gasteiger partial charge in [0.25, 0.3) is 5.91 Å². The molecule has 2 aromatic carbocycles. The van der Waals surface area contributed by atoms with Crippen LogP contribution in [0.2, 0.25) is 5.02 Å². The molecule has 5 nitrogen and oxygen atoms in total. The van der Waals surface area contributed by atoms with Gasteiger partial charge >= 0.3 is 0 Å². The van der Waals surface area contributed by atoms with Crippen LogP contribution in [-0.2, 0) is 13.0 Å². The van der Waals surface area contributed by atoms with Gasteiger partial charge in [0.05, 0.1) is 0 Å². The van der Waals surface area contributed by atoms with E-state index in [0.29, 0.717) is 29.8 Å². The fraction of sp³-hybridized carbons (Fsp3) is 0.150. The smallest absolute Gasteiger partial charge is 0.270 e. The van der Waals surface area contributed by atoms with E-state index in [0.717, 1.165) is 12.0 Å². The second-order valence-electron chi connectivity index (χ2n) is 5.70. The minimum absolute atomic E-state index is 0.218. The molecule has 0 spiro atoms. The third kappa shape index (κ3) is 5.04. The Bertz CT molecular complexity index is 870. The van der Waals surface area contributed by atoms with E-state index in [1.54, 1.807) is 12.3 Å². The first-order valence-corrected chi connectivity index (χ1v) is 8.72. The van der Waals surface area contributed by atoms with Crippen molar-refractivity contribution in [3.05, 3.63) is 88.7 Å². The van der Waals surface area contributed by atoms with Crippen molar-refractivity contribution in [2.24, 2.45) is 0 Å². The highest BCUT2D eigenvalue weighted by Crippen LogP contribution is 2.15. The summed E-state index contributed by atoms with van der Waals surface area (Å²) < 4.78 is 0. The van der Waals surface area contributed by atoms with Crippen LogP contribution in [0.15, 0.2) is 66.9 Å². The van der Waals surface area contributed by atoms with Crippen LogP contribution in [-0.4, -0.2) is 22.4 Å². The number of nitrogens with one attached hydrogen (secondary N) is 2. The molecule has 0 aliphatic heterocycles. The zero-order chi connectivity index (χ0) is 18.2. The lowest BCUT2D eigenvalue weighted by molar-refractivity contribution is 0.0949. The fourth-order valence-electron chi connectivity index (χ4n) is 2.44. The van der Waals surface area contributed by atoms with Crippen LogP contribution in [0.25, 0.3) is 0 Å². The van der Waals surface area contributed by atoms with Crippen LogP contribution < -0.4 is 10.6 Å². The van der Waals surface area contributed by atoms with Gasteiger partial charge in [0.15, 0.2) is 0 Å². The topological polar surface area (TPSA) is 66.9 Å². The van der Waals surface area contributed by atoms with Crippen LogP contribution in [0.5, 0.6) is 0 Å². The summed E-state index contributed by atoms with van der Waals surface area (Å²) in [6.45, 7) is 1.04. The molecule has 6 heteroatoms. The Morgan fingerprint density at radius 2 is 1.77 bits per heavy atom. The maximum absolute atomic E-state index is 12.3. The van der Waals surface area contributed by atoms with Gasteiger partial charge in [-0.3, -0.25) is 4.79 Å². The summed E-state index contributed by atoms with van der Waals surface area (Å²) in [5.41, 5.74) is 2.45. The predicted octanol–water partition coefficient (Wildman–Crippen LogP) is 3.71. The van der Waals surface area contributed by atoms with Crippen molar-refractivity contribution in [1.82, 2.24) is 15.3 Å². The van der Waals surface area contributed by atoms with Crippen LogP contribution in [0, 0.1) is 0 Å². The summed E-state index contributed by atoms with van der Waals surface area (Å²) in [6, 6.07) is 19.2. The van der Waals surface area contributed by atoms with E-state index >= 15 is 0 Å². The Balaban J connectivity index is 1.54. The summed E-state index contributed by atoms with van der Waals surface area (Å²) in [5, 5.41) is 6.65. The first-order chi connectivity index (χ1) is 12.7. The summed E-state index contributed by atoms with van der Waals surface area (Å²) in [5.74, 6) is 0.171. The number of halogens is 1. The highest BCUT2D eigenvalue weighted by molar-refractivity contribution is 6.31. The lowest BCUT2D eigenvalue weighted by Crippen LogP contribution is -2.26. The number of anilines is 1. The molecule has 26 heavy (non-hydrogen) atoms. The van der Waals surface area contributed by atoms with Gasteiger partial charge in [-0.25, -0.2) is 9.97 Å². The Morgan fingerprint density at radius 1 is 1.00 bits per heavy atom. The quantitative estimate of drug-likeness (QED) is 0.668. The van der Waals surface area contributed by atoms with Crippen molar-refractivity contribution in [2.75, 3.05) is 11.9 Å². The zero-order valence-electron chi connectivity index (χ0n) is 14.2. The third-order valence-corrected chi connectivity index (χ3v) is 4.19. The molecule has 0 aliphatic carbocycles. The van der Waals surface area contributed by atoms with Gasteiger partial charge in [-0.2, -0.15) is 0 Å². The highest BCUT2D eigenvalue weighted by atomic mass is 35.5. The SMILES string of the molecule is O=C(NCCc1ccccc1)c1ccnc(NCc2ccccc2Cl)n1. The Hall–Kier alpha value is -2.92. The van der Waals surface area contributed by atoms with Crippen LogP contribution in [0.3, 0.4) is 0 Å². The van der Waals surface area contributed by atoms with Crippen LogP contribution in [0.1, 0.15) is 21.6 Å². The molecule has 0 aliphatic rings. The van der Waals surface area contributed by atoms with E-state index in [4.69, 9.17) is 11.6 Å². The number of rotatable bonds is 7. The van der Waals surface area contributed by atoms with Crippen molar-refractivity contribution in [1.29, 1.82) is 0 Å². The first-order valence-electron chi connectivity index (χ1n) is 8.35. The number of benzene rings is 2. The lowest BCUT2D eigenvalue weighted by Gasteiger charge is -2.08. The summed E-state index contributed by atoms with van der Waals surface area (Å²) >= 11 is 6.13. The molecule has 2 N–H and O–H groups in total. The van der Waals surface area contributed by atoms with E-state index in [-0.39, 0.29) is 5.91 Å². The lowest BCUT2D eigenvalue weighted by atomic mass is 10.1. The number of hydrogen-bond donors (Lipinski definition) is 2. The van der Waals surface area contributed by atoms with Gasteiger partial charge in [0.2, 0.25) is 5.95 Å². The fourth-order valence-corrected chi connectivity index (χ4v) is 2.64. The first kappa shape index (κ1) is 17.9. The van der Waals surface area contributed by atoms with Crippen LogP contribution in [0.4, 0.5) is 5.95 Å². The summed E-state index contributed by atoms with van der Waals surface area (Å²) in [7, 11) is 0. The maximum atomic E-state index is 12.3. The molecular formula is C20H19ClN4O. The molecule has 3 rings (SSSR count). The predicted molar refractivity (Wildman–Crippen MR) is 103 cm³/mol. The van der Waals surface area contributed by atoms with Crippen LogP contribution >= 0.6 is 11.6 Å². The number of nitrogens with zero attached hydrogens (tertiary/aromatic N) is 2. The molecular weight excluding hydrogens is 348 g/mol. The molecule has 0 saturated carbocycles. The zero-order valence-corrected chi connectivity index (χ0v) is 14.9. The second-order valence-corrected chi connectivity index (χ2v) is 6.11. The Kier molecular flexibility index (Phi) is 6.17. The Labute approximate surface area is 157 Å². The molecule has 0 unspecified atom stereocenters. The molecule has 0 saturated heterocycles. The molecule has 0 atom stereocenters. The molecule has 0 radical (unpaired) electrons. The maximum Gasteiger partial charge on any atom is 0.270 e. The van der Waals surface area contributed by atoms with Gasteiger partial charge in [0.1, 0.15) is 5.69 Å².